The number of carbonyl (C=O) groups is 2. The Kier molecular flexibility index (Phi) is 5.36. The van der Waals surface area contributed by atoms with Crippen LogP contribution in [0.1, 0.15) is 35.4 Å². The van der Waals surface area contributed by atoms with Crippen molar-refractivity contribution in [2.75, 3.05) is 26.8 Å². The third-order valence-electron chi connectivity index (χ3n) is 6.71. The number of piperazine rings is 1. The molecule has 2 aromatic carbocycles. The first-order chi connectivity index (χ1) is 15.6. The number of aliphatic hydroxyl groups is 1. The maximum atomic E-state index is 12.7. The number of amides is 2. The number of benzene rings is 2. The molecule has 2 heterocycles. The topological polar surface area (TPSA) is 70.1 Å². The monoisotopic (exact) mass is 430 g/mol. The second-order valence-corrected chi connectivity index (χ2v) is 8.74. The van der Waals surface area contributed by atoms with Crippen molar-refractivity contribution in [3.63, 3.8) is 0 Å². The lowest BCUT2D eigenvalue weighted by molar-refractivity contribution is -0.167. The zero-order valence-corrected chi connectivity index (χ0v) is 18.0. The minimum Gasteiger partial charge on any atom is -0.497 e. The molecule has 1 aliphatic carbocycles. The van der Waals surface area contributed by atoms with Crippen LogP contribution in [0.25, 0.3) is 0 Å². The number of hydrogen-bond donors (Lipinski definition) is 1. The molecule has 2 aliphatic heterocycles. The maximum Gasteiger partial charge on any atom is 0.242 e. The van der Waals surface area contributed by atoms with E-state index >= 15 is 0 Å². The molecule has 2 saturated heterocycles. The number of fused-ring (bicyclic) bond motifs is 1. The number of rotatable bonds is 4. The summed E-state index contributed by atoms with van der Waals surface area (Å²) in [6, 6.07) is 15.3. The highest BCUT2D eigenvalue weighted by atomic mass is 16.5. The van der Waals surface area contributed by atoms with E-state index in [2.05, 4.69) is 11.8 Å². The fourth-order valence-corrected chi connectivity index (χ4v) is 4.89. The predicted octanol–water partition coefficient (Wildman–Crippen LogP) is 2.00. The molecule has 32 heavy (non-hydrogen) atoms. The van der Waals surface area contributed by atoms with Crippen molar-refractivity contribution in [3.05, 3.63) is 65.2 Å². The van der Waals surface area contributed by atoms with Crippen molar-refractivity contribution in [2.45, 2.75) is 30.8 Å². The van der Waals surface area contributed by atoms with Gasteiger partial charge in [-0.1, -0.05) is 30.0 Å². The SMILES string of the molecule is COc1cccc(C#Cc2ccc([C@@H]3[C@H](CO)N4C(=O)CN(C(=O)C5CC5)C[C@@H]34)cc2)c1. The van der Waals surface area contributed by atoms with Gasteiger partial charge in [0.05, 0.1) is 32.3 Å². The van der Waals surface area contributed by atoms with Gasteiger partial charge in [-0.3, -0.25) is 9.59 Å². The van der Waals surface area contributed by atoms with Crippen LogP contribution in [0.4, 0.5) is 0 Å². The zero-order chi connectivity index (χ0) is 22.2. The number of hydrogen-bond acceptors (Lipinski definition) is 4. The summed E-state index contributed by atoms with van der Waals surface area (Å²) in [7, 11) is 1.63. The molecular formula is C26H26N2O4. The molecule has 164 valence electrons. The summed E-state index contributed by atoms with van der Waals surface area (Å²) in [6.07, 6.45) is 1.86. The lowest BCUT2D eigenvalue weighted by Crippen LogP contribution is -2.73. The average molecular weight is 431 g/mol. The first kappa shape index (κ1) is 20.6. The van der Waals surface area contributed by atoms with E-state index in [1.807, 2.05) is 48.5 Å². The number of carbonyl (C=O) groups excluding carboxylic acids is 2. The summed E-state index contributed by atoms with van der Waals surface area (Å²) in [5.41, 5.74) is 2.83. The second kappa shape index (κ2) is 8.33. The van der Waals surface area contributed by atoms with E-state index in [4.69, 9.17) is 4.74 Å². The molecule has 0 radical (unpaired) electrons. The van der Waals surface area contributed by atoms with Crippen LogP contribution in [-0.4, -0.2) is 65.6 Å². The number of aliphatic hydroxyl groups excluding tert-OH is 1. The van der Waals surface area contributed by atoms with Gasteiger partial charge in [0, 0.05) is 29.5 Å². The Morgan fingerprint density at radius 1 is 1.12 bits per heavy atom. The third kappa shape index (κ3) is 3.74. The molecule has 6 heteroatoms. The van der Waals surface area contributed by atoms with Crippen LogP contribution in [0.3, 0.4) is 0 Å². The summed E-state index contributed by atoms with van der Waals surface area (Å²) < 4.78 is 5.24. The van der Waals surface area contributed by atoms with Gasteiger partial charge in [0.1, 0.15) is 5.75 Å². The Bertz CT molecular complexity index is 1100. The molecule has 2 aromatic rings. The van der Waals surface area contributed by atoms with Gasteiger partial charge in [-0.2, -0.15) is 0 Å². The predicted molar refractivity (Wildman–Crippen MR) is 119 cm³/mol. The minimum absolute atomic E-state index is 0.0131. The Labute approximate surface area is 187 Å². The highest BCUT2D eigenvalue weighted by Gasteiger charge is 2.55. The van der Waals surface area contributed by atoms with E-state index in [-0.39, 0.29) is 48.9 Å². The van der Waals surface area contributed by atoms with Crippen molar-refractivity contribution in [1.29, 1.82) is 0 Å². The highest BCUT2D eigenvalue weighted by Crippen LogP contribution is 2.43. The molecule has 3 atom stereocenters. The van der Waals surface area contributed by atoms with Crippen LogP contribution in [0, 0.1) is 17.8 Å². The highest BCUT2D eigenvalue weighted by molar-refractivity contribution is 5.89. The van der Waals surface area contributed by atoms with Gasteiger partial charge in [0.25, 0.3) is 0 Å². The van der Waals surface area contributed by atoms with Crippen molar-refractivity contribution in [1.82, 2.24) is 9.80 Å². The van der Waals surface area contributed by atoms with E-state index in [1.54, 1.807) is 16.9 Å². The van der Waals surface area contributed by atoms with Crippen LogP contribution in [0.15, 0.2) is 48.5 Å². The molecule has 3 fully saturated rings. The van der Waals surface area contributed by atoms with E-state index in [0.717, 1.165) is 35.3 Å². The van der Waals surface area contributed by atoms with Crippen LogP contribution in [-0.2, 0) is 9.59 Å². The van der Waals surface area contributed by atoms with Crippen LogP contribution >= 0.6 is 0 Å². The van der Waals surface area contributed by atoms with E-state index in [0.29, 0.717) is 6.54 Å². The van der Waals surface area contributed by atoms with Gasteiger partial charge >= 0.3 is 0 Å². The largest absolute Gasteiger partial charge is 0.497 e. The number of ether oxygens (including phenoxy) is 1. The Morgan fingerprint density at radius 2 is 1.88 bits per heavy atom. The summed E-state index contributed by atoms with van der Waals surface area (Å²) in [5.74, 6) is 7.25. The van der Waals surface area contributed by atoms with Crippen molar-refractivity contribution >= 4 is 11.8 Å². The first-order valence-electron chi connectivity index (χ1n) is 11.1. The fourth-order valence-electron chi connectivity index (χ4n) is 4.89. The third-order valence-corrected chi connectivity index (χ3v) is 6.71. The standard InChI is InChI=1S/C26H26N2O4/c1-32-21-4-2-3-18(13-21)6-5-17-7-9-19(10-8-17)25-22-14-27(26(31)20-11-12-20)15-24(30)28(22)23(25)16-29/h2-4,7-10,13,20,22-23,25,29H,11-12,14-16H2,1H3/t22-,23-,25-/m0/s1. The van der Waals surface area contributed by atoms with Gasteiger partial charge in [0.2, 0.25) is 11.8 Å². The molecule has 3 aliphatic rings. The molecule has 5 rings (SSSR count). The summed E-state index contributed by atoms with van der Waals surface area (Å²) in [5, 5.41) is 9.95. The molecule has 6 nitrogen and oxygen atoms in total. The van der Waals surface area contributed by atoms with Crippen LogP contribution < -0.4 is 4.74 Å². The Balaban J connectivity index is 1.33. The van der Waals surface area contributed by atoms with E-state index in [9.17, 15) is 14.7 Å². The summed E-state index contributed by atoms with van der Waals surface area (Å²) >= 11 is 0. The normalized spacial score (nSPS) is 24.2. The van der Waals surface area contributed by atoms with E-state index < -0.39 is 0 Å². The van der Waals surface area contributed by atoms with Crippen molar-refractivity contribution in [3.8, 4) is 17.6 Å². The Hall–Kier alpha value is -3.30. The van der Waals surface area contributed by atoms with Gasteiger partial charge in [-0.05, 0) is 48.7 Å². The molecule has 2 amide bonds. The second-order valence-electron chi connectivity index (χ2n) is 8.74. The molecule has 1 N–H and O–H groups in total. The minimum atomic E-state index is -0.237. The van der Waals surface area contributed by atoms with Gasteiger partial charge < -0.3 is 19.6 Å². The number of nitrogens with zero attached hydrogens (tertiary/aromatic N) is 2. The van der Waals surface area contributed by atoms with Gasteiger partial charge in [0.15, 0.2) is 0 Å². The van der Waals surface area contributed by atoms with E-state index in [1.165, 1.54) is 0 Å². The van der Waals surface area contributed by atoms with Crippen LogP contribution in [0.2, 0.25) is 0 Å². The molecule has 0 aromatic heterocycles. The maximum absolute atomic E-state index is 12.7. The molecule has 0 spiro atoms. The lowest BCUT2D eigenvalue weighted by atomic mass is 9.73. The quantitative estimate of drug-likeness (QED) is 0.754. The average Bonchev–Trinajstić information content (AvgIpc) is 3.65. The van der Waals surface area contributed by atoms with Gasteiger partial charge in [-0.15, -0.1) is 0 Å². The van der Waals surface area contributed by atoms with Gasteiger partial charge in [-0.25, -0.2) is 0 Å². The molecule has 0 unspecified atom stereocenters. The number of methoxy groups -OCH3 is 1. The summed E-state index contributed by atoms with van der Waals surface area (Å²) in [6.45, 7) is 0.592. The van der Waals surface area contributed by atoms with Crippen LogP contribution in [0.5, 0.6) is 5.75 Å². The molecular weight excluding hydrogens is 404 g/mol. The fraction of sp³-hybridized carbons (Fsp3) is 0.385. The molecule has 0 bridgehead atoms. The molecule has 1 saturated carbocycles. The lowest BCUT2D eigenvalue weighted by Gasteiger charge is -2.58. The zero-order valence-electron chi connectivity index (χ0n) is 18.0. The summed E-state index contributed by atoms with van der Waals surface area (Å²) in [4.78, 5) is 28.7. The smallest absolute Gasteiger partial charge is 0.242 e. The van der Waals surface area contributed by atoms with Crippen molar-refractivity contribution in [2.24, 2.45) is 5.92 Å². The van der Waals surface area contributed by atoms with Crippen molar-refractivity contribution < 1.29 is 19.4 Å². The Morgan fingerprint density at radius 3 is 2.56 bits per heavy atom. The first-order valence-corrected chi connectivity index (χ1v) is 11.1.